The number of hydrogen-bond donors (Lipinski definition) is 2. The van der Waals surface area contributed by atoms with E-state index in [1.807, 2.05) is 13.8 Å². The summed E-state index contributed by atoms with van der Waals surface area (Å²) in [6, 6.07) is 0.178. The van der Waals surface area contributed by atoms with Crippen LogP contribution in [-0.2, 0) is 9.53 Å². The lowest BCUT2D eigenvalue weighted by Crippen LogP contribution is -2.53. The Labute approximate surface area is 107 Å². The minimum absolute atomic E-state index is 0.0133. The number of likely N-dealkylation sites (tertiary alicyclic amines) is 1. The number of hydrogen-bond acceptors (Lipinski definition) is 3. The lowest BCUT2D eigenvalue weighted by atomic mass is 9.98. The van der Waals surface area contributed by atoms with Crippen molar-refractivity contribution in [1.82, 2.24) is 10.2 Å². The molecular formula is C12H22N2O4. The van der Waals surface area contributed by atoms with Gasteiger partial charge in [-0.3, -0.25) is 0 Å². The van der Waals surface area contributed by atoms with Crippen LogP contribution in [-0.4, -0.2) is 53.8 Å². The number of carboxylic acids is 1. The van der Waals surface area contributed by atoms with E-state index in [2.05, 4.69) is 5.32 Å². The van der Waals surface area contributed by atoms with Gasteiger partial charge in [0.2, 0.25) is 0 Å². The second-order valence-electron chi connectivity index (χ2n) is 4.78. The predicted octanol–water partition coefficient (Wildman–Crippen LogP) is 1.06. The van der Waals surface area contributed by atoms with Crippen molar-refractivity contribution in [1.29, 1.82) is 0 Å². The molecule has 1 unspecified atom stereocenters. The number of carbonyl (C=O) groups excluding carboxylic acids is 1. The molecular weight excluding hydrogens is 236 g/mol. The quantitative estimate of drug-likeness (QED) is 0.790. The number of urea groups is 1. The van der Waals surface area contributed by atoms with Crippen molar-refractivity contribution < 1.29 is 19.4 Å². The maximum atomic E-state index is 12.0. The zero-order chi connectivity index (χ0) is 13.7. The van der Waals surface area contributed by atoms with Gasteiger partial charge in [-0.15, -0.1) is 0 Å². The molecule has 0 saturated carbocycles. The fraction of sp³-hybridized carbons (Fsp3) is 0.833. The molecule has 6 heteroatoms. The van der Waals surface area contributed by atoms with Gasteiger partial charge in [-0.25, -0.2) is 9.59 Å². The second-order valence-corrected chi connectivity index (χ2v) is 4.78. The molecule has 18 heavy (non-hydrogen) atoms. The lowest BCUT2D eigenvalue weighted by Gasteiger charge is -2.39. The minimum Gasteiger partial charge on any atom is -0.479 e. The zero-order valence-electron chi connectivity index (χ0n) is 11.2. The number of nitrogens with zero attached hydrogens (tertiary/aromatic N) is 1. The first-order valence-corrected chi connectivity index (χ1v) is 6.29. The highest BCUT2D eigenvalue weighted by atomic mass is 16.5. The Morgan fingerprint density at radius 3 is 2.39 bits per heavy atom. The first-order chi connectivity index (χ1) is 8.47. The Balaban J connectivity index is 2.51. The fourth-order valence-electron chi connectivity index (χ4n) is 2.36. The van der Waals surface area contributed by atoms with Gasteiger partial charge in [0.15, 0.2) is 6.10 Å². The Kier molecular flexibility index (Phi) is 5.40. The van der Waals surface area contributed by atoms with Crippen LogP contribution in [0.3, 0.4) is 0 Å². The number of aliphatic carboxylic acids is 1. The fourth-order valence-corrected chi connectivity index (χ4v) is 2.36. The van der Waals surface area contributed by atoms with Gasteiger partial charge in [-0.2, -0.15) is 0 Å². The number of carbonyl (C=O) groups is 2. The van der Waals surface area contributed by atoms with E-state index in [0.29, 0.717) is 0 Å². The third-order valence-electron chi connectivity index (χ3n) is 3.43. The van der Waals surface area contributed by atoms with E-state index in [0.717, 1.165) is 19.3 Å². The molecule has 0 spiro atoms. The van der Waals surface area contributed by atoms with Crippen molar-refractivity contribution >= 4 is 12.0 Å². The molecule has 0 radical (unpaired) electrons. The number of carboxylic acid groups (broad SMARTS) is 1. The lowest BCUT2D eigenvalue weighted by molar-refractivity contribution is -0.148. The van der Waals surface area contributed by atoms with Crippen LogP contribution in [0.2, 0.25) is 0 Å². The highest BCUT2D eigenvalue weighted by Gasteiger charge is 2.29. The van der Waals surface area contributed by atoms with Crippen LogP contribution in [0.15, 0.2) is 0 Å². The van der Waals surface area contributed by atoms with Crippen molar-refractivity contribution in [3.05, 3.63) is 0 Å². The van der Waals surface area contributed by atoms with Gasteiger partial charge in [-0.1, -0.05) is 0 Å². The van der Waals surface area contributed by atoms with E-state index in [-0.39, 0.29) is 24.7 Å². The zero-order valence-corrected chi connectivity index (χ0v) is 11.2. The van der Waals surface area contributed by atoms with Gasteiger partial charge < -0.3 is 20.1 Å². The Hall–Kier alpha value is -1.30. The molecule has 1 aliphatic heterocycles. The maximum absolute atomic E-state index is 12.0. The SMILES string of the molecule is COC(CNC(=O)N1[C@H](C)CCC[C@@H]1C)C(=O)O. The third kappa shape index (κ3) is 3.60. The van der Waals surface area contributed by atoms with Gasteiger partial charge in [0.25, 0.3) is 0 Å². The molecule has 0 bridgehead atoms. The minimum atomic E-state index is -1.07. The summed E-state index contributed by atoms with van der Waals surface area (Å²) in [5.41, 5.74) is 0. The topological polar surface area (TPSA) is 78.9 Å². The van der Waals surface area contributed by atoms with Crippen molar-refractivity contribution in [3.8, 4) is 0 Å². The van der Waals surface area contributed by atoms with Gasteiger partial charge in [0.05, 0.1) is 6.54 Å². The number of nitrogens with one attached hydrogen (secondary N) is 1. The summed E-state index contributed by atoms with van der Waals surface area (Å²) >= 11 is 0. The first-order valence-electron chi connectivity index (χ1n) is 6.29. The summed E-state index contributed by atoms with van der Waals surface area (Å²) in [4.78, 5) is 24.6. The van der Waals surface area contributed by atoms with Crippen molar-refractivity contribution in [2.45, 2.75) is 51.3 Å². The van der Waals surface area contributed by atoms with Crippen LogP contribution < -0.4 is 5.32 Å². The molecule has 0 aromatic heterocycles. The molecule has 6 nitrogen and oxygen atoms in total. The Morgan fingerprint density at radius 2 is 1.94 bits per heavy atom. The van der Waals surface area contributed by atoms with Gasteiger partial charge in [0, 0.05) is 19.2 Å². The summed E-state index contributed by atoms with van der Waals surface area (Å²) in [6.07, 6.45) is 2.11. The first kappa shape index (κ1) is 14.8. The summed E-state index contributed by atoms with van der Waals surface area (Å²) < 4.78 is 4.77. The third-order valence-corrected chi connectivity index (χ3v) is 3.43. The van der Waals surface area contributed by atoms with Gasteiger partial charge in [-0.05, 0) is 33.1 Å². The predicted molar refractivity (Wildman–Crippen MR) is 66.4 cm³/mol. The molecule has 1 aliphatic rings. The molecule has 0 aliphatic carbocycles. The van der Waals surface area contributed by atoms with Crippen LogP contribution in [0.5, 0.6) is 0 Å². The number of methoxy groups -OCH3 is 1. The molecule has 2 N–H and O–H groups in total. The summed E-state index contributed by atoms with van der Waals surface area (Å²) in [7, 11) is 1.32. The average molecular weight is 258 g/mol. The second kappa shape index (κ2) is 6.58. The van der Waals surface area contributed by atoms with Gasteiger partial charge >= 0.3 is 12.0 Å². The Bertz CT molecular complexity index is 298. The number of ether oxygens (including phenoxy) is 1. The van der Waals surface area contributed by atoms with Crippen LogP contribution in [0.4, 0.5) is 4.79 Å². The number of piperidine rings is 1. The smallest absolute Gasteiger partial charge is 0.334 e. The molecule has 1 heterocycles. The van der Waals surface area contributed by atoms with E-state index < -0.39 is 12.1 Å². The van der Waals surface area contributed by atoms with Crippen molar-refractivity contribution in [2.75, 3.05) is 13.7 Å². The van der Waals surface area contributed by atoms with E-state index in [4.69, 9.17) is 9.84 Å². The molecule has 0 aromatic carbocycles. The van der Waals surface area contributed by atoms with E-state index in [9.17, 15) is 9.59 Å². The Morgan fingerprint density at radius 1 is 1.39 bits per heavy atom. The van der Waals surface area contributed by atoms with E-state index in [1.165, 1.54) is 7.11 Å². The highest BCUT2D eigenvalue weighted by molar-refractivity contribution is 5.77. The summed E-state index contributed by atoms with van der Waals surface area (Å²) in [5, 5.41) is 11.4. The van der Waals surface area contributed by atoms with Gasteiger partial charge in [0.1, 0.15) is 0 Å². The van der Waals surface area contributed by atoms with Crippen molar-refractivity contribution in [3.63, 3.8) is 0 Å². The maximum Gasteiger partial charge on any atom is 0.334 e. The molecule has 3 atom stereocenters. The summed E-state index contributed by atoms with van der Waals surface area (Å²) in [5.74, 6) is -1.07. The molecule has 0 aromatic rings. The molecule has 1 fully saturated rings. The van der Waals surface area contributed by atoms with Crippen LogP contribution >= 0.6 is 0 Å². The van der Waals surface area contributed by atoms with Crippen LogP contribution in [0.25, 0.3) is 0 Å². The van der Waals surface area contributed by atoms with E-state index >= 15 is 0 Å². The summed E-state index contributed by atoms with van der Waals surface area (Å²) in [6.45, 7) is 4.01. The van der Waals surface area contributed by atoms with Crippen LogP contribution in [0, 0.1) is 0 Å². The number of rotatable bonds is 4. The highest BCUT2D eigenvalue weighted by Crippen LogP contribution is 2.22. The number of amides is 2. The standard InChI is InChI=1S/C12H22N2O4/c1-8-5-4-6-9(2)14(8)12(17)13-7-10(18-3)11(15)16/h8-10H,4-7H2,1-3H3,(H,13,17)(H,15,16)/t8-,9+,10?. The molecule has 104 valence electrons. The molecule has 1 saturated heterocycles. The molecule has 1 rings (SSSR count). The monoisotopic (exact) mass is 258 g/mol. The molecule has 2 amide bonds. The van der Waals surface area contributed by atoms with Crippen molar-refractivity contribution in [2.24, 2.45) is 0 Å². The van der Waals surface area contributed by atoms with E-state index in [1.54, 1.807) is 4.90 Å². The average Bonchev–Trinajstić information content (AvgIpc) is 2.29. The normalized spacial score (nSPS) is 25.6. The largest absolute Gasteiger partial charge is 0.479 e. The van der Waals surface area contributed by atoms with Crippen LogP contribution in [0.1, 0.15) is 33.1 Å².